The first-order valence-electron chi connectivity index (χ1n) is 8.35. The van der Waals surface area contributed by atoms with Crippen molar-refractivity contribution in [1.29, 1.82) is 0 Å². The molecule has 1 aliphatic carbocycles. The molecule has 1 spiro atoms. The Morgan fingerprint density at radius 1 is 1.25 bits per heavy atom. The average molecular weight is 353 g/mol. The Balaban J connectivity index is 1.64. The molecule has 0 aromatic carbocycles. The second-order valence-electron chi connectivity index (χ2n) is 7.29. The number of aromatic nitrogens is 2. The van der Waals surface area contributed by atoms with Gasteiger partial charge in [-0.25, -0.2) is 13.4 Å². The van der Waals surface area contributed by atoms with E-state index in [2.05, 4.69) is 9.97 Å². The lowest BCUT2D eigenvalue weighted by Gasteiger charge is -2.49. The normalized spacial score (nSPS) is 25.5. The third-order valence-electron chi connectivity index (χ3n) is 5.69. The predicted molar refractivity (Wildman–Crippen MR) is 87.5 cm³/mol. The van der Waals surface area contributed by atoms with Crippen molar-refractivity contribution in [3.63, 3.8) is 0 Å². The smallest absolute Gasteiger partial charge is 0.242 e. The number of carbonyl (C=O) groups is 1. The summed E-state index contributed by atoms with van der Waals surface area (Å²) in [7, 11) is -3.36. The summed E-state index contributed by atoms with van der Waals surface area (Å²) in [6.07, 6.45) is 6.12. The van der Waals surface area contributed by atoms with Crippen molar-refractivity contribution in [2.75, 3.05) is 25.9 Å². The highest BCUT2D eigenvalue weighted by atomic mass is 32.2. The number of hydrogen-bond acceptors (Lipinski definition) is 5. The Kier molecular flexibility index (Phi) is 3.36. The highest BCUT2D eigenvalue weighted by molar-refractivity contribution is 7.88. The predicted octanol–water partition coefficient (Wildman–Crippen LogP) is -0.464. The molecule has 0 bridgehead atoms. The summed E-state index contributed by atoms with van der Waals surface area (Å²) in [6, 6.07) is 0. The van der Waals surface area contributed by atoms with Gasteiger partial charge in [-0.1, -0.05) is 0 Å². The molecule has 1 aromatic rings. The fourth-order valence-corrected chi connectivity index (χ4v) is 5.50. The van der Waals surface area contributed by atoms with E-state index in [1.54, 1.807) is 15.5 Å². The van der Waals surface area contributed by atoms with Crippen LogP contribution in [0.15, 0.2) is 6.33 Å². The number of piperidine rings is 1. The minimum atomic E-state index is -3.36. The molecule has 0 radical (unpaired) electrons. The summed E-state index contributed by atoms with van der Waals surface area (Å²) in [4.78, 5) is 21.8. The van der Waals surface area contributed by atoms with E-state index in [0.717, 1.165) is 24.2 Å². The molecular formula is C15H23N5O3S. The number of likely N-dealkylation sites (tertiary alicyclic amines) is 1. The zero-order valence-corrected chi connectivity index (χ0v) is 14.6. The molecule has 3 aliphatic rings. The highest BCUT2D eigenvalue weighted by Gasteiger charge is 2.53. The molecule has 3 heterocycles. The molecule has 4 rings (SSSR count). The first-order chi connectivity index (χ1) is 11.3. The third-order valence-corrected chi connectivity index (χ3v) is 7.03. The van der Waals surface area contributed by atoms with Gasteiger partial charge < -0.3 is 15.6 Å². The molecule has 3 N–H and O–H groups in total. The van der Waals surface area contributed by atoms with Crippen LogP contribution in [-0.2, 0) is 26.8 Å². The number of hydrogen-bond donors (Lipinski definition) is 2. The fourth-order valence-electron chi connectivity index (χ4n) is 4.17. The fraction of sp³-hybridized carbons (Fsp3) is 0.733. The molecule has 24 heavy (non-hydrogen) atoms. The van der Waals surface area contributed by atoms with Gasteiger partial charge in [-0.2, -0.15) is 4.31 Å². The number of sulfonamides is 1. The van der Waals surface area contributed by atoms with Gasteiger partial charge in [-0.05, 0) is 25.7 Å². The zero-order valence-electron chi connectivity index (χ0n) is 13.8. The largest absolute Gasteiger partial charge is 0.348 e. The lowest BCUT2D eigenvalue weighted by molar-refractivity contribution is -0.136. The molecule has 1 saturated carbocycles. The first kappa shape index (κ1) is 16.0. The standard InChI is InChI=1S/C15H23N5O3S/c1-24(22,23)20-7-2-11-12(18-10-17-11)15(20)5-8-19(9-6-15)13(21)14(16)3-4-14/h10H,2-9,16H2,1H3,(H,17,18). The lowest BCUT2D eigenvalue weighted by atomic mass is 9.80. The van der Waals surface area contributed by atoms with Gasteiger partial charge in [0.15, 0.2) is 0 Å². The number of imidazole rings is 1. The maximum atomic E-state index is 12.5. The lowest BCUT2D eigenvalue weighted by Crippen LogP contribution is -2.60. The maximum absolute atomic E-state index is 12.5. The number of nitrogens with two attached hydrogens (primary N) is 1. The van der Waals surface area contributed by atoms with Gasteiger partial charge in [0.25, 0.3) is 0 Å². The maximum Gasteiger partial charge on any atom is 0.242 e. The molecule has 1 saturated heterocycles. The van der Waals surface area contributed by atoms with Crippen LogP contribution in [0.5, 0.6) is 0 Å². The van der Waals surface area contributed by atoms with Crippen LogP contribution in [0.25, 0.3) is 0 Å². The number of aromatic amines is 1. The number of carbonyl (C=O) groups excluding carboxylic acids is 1. The van der Waals surface area contributed by atoms with Crippen molar-refractivity contribution < 1.29 is 13.2 Å². The Hall–Kier alpha value is -1.45. The van der Waals surface area contributed by atoms with Crippen molar-refractivity contribution in [1.82, 2.24) is 19.2 Å². The van der Waals surface area contributed by atoms with Crippen LogP contribution in [0.3, 0.4) is 0 Å². The number of amides is 1. The van der Waals surface area contributed by atoms with Gasteiger partial charge in [-0.3, -0.25) is 4.79 Å². The van der Waals surface area contributed by atoms with Crippen molar-refractivity contribution in [2.45, 2.75) is 43.2 Å². The number of rotatable bonds is 2. The van der Waals surface area contributed by atoms with Crippen LogP contribution < -0.4 is 5.73 Å². The number of nitrogens with one attached hydrogen (secondary N) is 1. The summed E-state index contributed by atoms with van der Waals surface area (Å²) in [5, 5.41) is 0. The average Bonchev–Trinajstić information content (AvgIpc) is 3.09. The van der Waals surface area contributed by atoms with E-state index in [9.17, 15) is 13.2 Å². The van der Waals surface area contributed by atoms with E-state index in [-0.39, 0.29) is 5.91 Å². The van der Waals surface area contributed by atoms with E-state index in [1.165, 1.54) is 6.26 Å². The molecule has 0 atom stereocenters. The molecule has 9 heteroatoms. The SMILES string of the molecule is CS(=O)(=O)N1CCc2[nH]cnc2C12CCN(C(=O)C1(N)CC1)CC2. The summed E-state index contributed by atoms with van der Waals surface area (Å²) >= 11 is 0. The van der Waals surface area contributed by atoms with Crippen LogP contribution in [0.2, 0.25) is 0 Å². The van der Waals surface area contributed by atoms with Crippen LogP contribution in [-0.4, -0.2) is 64.9 Å². The Morgan fingerprint density at radius 3 is 2.50 bits per heavy atom. The summed E-state index contributed by atoms with van der Waals surface area (Å²) in [5.41, 5.74) is 6.53. The molecule has 8 nitrogen and oxygen atoms in total. The molecule has 0 unspecified atom stereocenters. The molecule has 132 valence electrons. The Labute approximate surface area is 141 Å². The molecule has 2 aliphatic heterocycles. The van der Waals surface area contributed by atoms with E-state index in [1.807, 2.05) is 0 Å². The van der Waals surface area contributed by atoms with Crippen LogP contribution >= 0.6 is 0 Å². The second kappa shape index (κ2) is 5.03. The van der Waals surface area contributed by atoms with Gasteiger partial charge in [0.1, 0.15) is 0 Å². The number of fused-ring (bicyclic) bond motifs is 2. The Bertz CT molecular complexity index is 775. The van der Waals surface area contributed by atoms with E-state index < -0.39 is 21.1 Å². The molecule has 2 fully saturated rings. The van der Waals surface area contributed by atoms with Gasteiger partial charge in [0.05, 0.1) is 29.4 Å². The summed E-state index contributed by atoms with van der Waals surface area (Å²) in [5.74, 6) is 0.00122. The monoisotopic (exact) mass is 353 g/mol. The second-order valence-corrected chi connectivity index (χ2v) is 9.20. The minimum Gasteiger partial charge on any atom is -0.348 e. The van der Waals surface area contributed by atoms with Gasteiger partial charge in [-0.15, -0.1) is 0 Å². The molecule has 1 aromatic heterocycles. The van der Waals surface area contributed by atoms with Gasteiger partial charge in [0.2, 0.25) is 15.9 Å². The van der Waals surface area contributed by atoms with E-state index in [4.69, 9.17) is 5.73 Å². The van der Waals surface area contributed by atoms with Crippen molar-refractivity contribution in [3.8, 4) is 0 Å². The van der Waals surface area contributed by atoms with Crippen molar-refractivity contribution in [2.24, 2.45) is 5.73 Å². The topological polar surface area (TPSA) is 112 Å². The minimum absolute atomic E-state index is 0.00122. The van der Waals surface area contributed by atoms with Gasteiger partial charge >= 0.3 is 0 Å². The van der Waals surface area contributed by atoms with Crippen LogP contribution in [0.4, 0.5) is 0 Å². The van der Waals surface area contributed by atoms with Gasteiger partial charge in [0, 0.05) is 31.7 Å². The van der Waals surface area contributed by atoms with Crippen LogP contribution in [0.1, 0.15) is 37.1 Å². The first-order valence-corrected chi connectivity index (χ1v) is 10.2. The summed E-state index contributed by atoms with van der Waals surface area (Å²) < 4.78 is 26.3. The quantitative estimate of drug-likeness (QED) is 0.747. The highest BCUT2D eigenvalue weighted by Crippen LogP contribution is 2.44. The van der Waals surface area contributed by atoms with Crippen LogP contribution in [0, 0.1) is 0 Å². The van der Waals surface area contributed by atoms with Crippen molar-refractivity contribution in [3.05, 3.63) is 17.7 Å². The third kappa shape index (κ3) is 2.29. The van der Waals surface area contributed by atoms with E-state index >= 15 is 0 Å². The number of nitrogens with zero attached hydrogens (tertiary/aromatic N) is 3. The zero-order chi connectivity index (χ0) is 17.2. The Morgan fingerprint density at radius 2 is 1.92 bits per heavy atom. The molecular weight excluding hydrogens is 330 g/mol. The van der Waals surface area contributed by atoms with E-state index in [0.29, 0.717) is 38.9 Å². The molecule has 1 amide bonds. The van der Waals surface area contributed by atoms with Crippen molar-refractivity contribution >= 4 is 15.9 Å². The summed E-state index contributed by atoms with van der Waals surface area (Å²) in [6.45, 7) is 1.47. The number of H-pyrrole nitrogens is 1.